The van der Waals surface area contributed by atoms with Crippen molar-refractivity contribution in [1.29, 1.82) is 0 Å². The number of fused-ring (bicyclic) bond motifs is 1. The zero-order valence-corrected chi connectivity index (χ0v) is 18.0. The summed E-state index contributed by atoms with van der Waals surface area (Å²) in [6, 6.07) is 11.8. The Morgan fingerprint density at radius 2 is 1.88 bits per heavy atom. The first kappa shape index (κ1) is 20.7. The van der Waals surface area contributed by atoms with Gasteiger partial charge in [-0.3, -0.25) is 4.79 Å². The normalized spacial score (nSPS) is 18.2. The molecular weight excluding hydrogens is 364 g/mol. The molecule has 1 amide bonds. The van der Waals surface area contributed by atoms with Crippen molar-refractivity contribution in [3.05, 3.63) is 36.4 Å². The first-order valence-corrected chi connectivity index (χ1v) is 11.8. The third-order valence-corrected chi connectivity index (χ3v) is 9.91. The number of hydrogen-bond acceptors (Lipinski definition) is 3. The molecule has 0 unspecified atom stereocenters. The van der Waals surface area contributed by atoms with Gasteiger partial charge in [-0.15, -0.1) is 12.4 Å². The fourth-order valence-corrected chi connectivity index (χ4v) is 3.95. The van der Waals surface area contributed by atoms with Crippen LogP contribution in [-0.2, 0) is 4.79 Å². The van der Waals surface area contributed by atoms with Crippen LogP contribution in [0.2, 0.25) is 18.1 Å². The van der Waals surface area contributed by atoms with E-state index in [4.69, 9.17) is 10.2 Å². The van der Waals surface area contributed by atoms with E-state index in [9.17, 15) is 4.79 Å². The van der Waals surface area contributed by atoms with Crippen molar-refractivity contribution in [3.8, 4) is 5.75 Å². The molecule has 2 N–H and O–H groups in total. The fourth-order valence-electron chi connectivity index (χ4n) is 2.92. The predicted molar refractivity (Wildman–Crippen MR) is 114 cm³/mol. The number of anilines is 1. The van der Waals surface area contributed by atoms with Crippen molar-refractivity contribution in [2.45, 2.75) is 51.4 Å². The predicted octanol–water partition coefficient (Wildman–Crippen LogP) is 4.71. The molecule has 2 aromatic carbocycles. The van der Waals surface area contributed by atoms with Crippen molar-refractivity contribution in [2.75, 3.05) is 11.4 Å². The van der Waals surface area contributed by atoms with Gasteiger partial charge in [0.1, 0.15) is 5.75 Å². The molecule has 1 atom stereocenters. The third-order valence-electron chi connectivity index (χ3n) is 5.55. The molecule has 26 heavy (non-hydrogen) atoms. The summed E-state index contributed by atoms with van der Waals surface area (Å²) in [4.78, 5) is 14.2. The van der Waals surface area contributed by atoms with Gasteiger partial charge in [0.05, 0.1) is 11.7 Å². The summed E-state index contributed by atoms with van der Waals surface area (Å²) in [5, 5.41) is 2.29. The minimum Gasteiger partial charge on any atom is -0.543 e. The molecule has 1 aliphatic rings. The maximum Gasteiger partial charge on any atom is 0.250 e. The Hall–Kier alpha value is -1.56. The van der Waals surface area contributed by atoms with E-state index in [1.165, 1.54) is 0 Å². The number of rotatable bonds is 3. The summed E-state index contributed by atoms with van der Waals surface area (Å²) in [6.07, 6.45) is 0.704. The summed E-state index contributed by atoms with van der Waals surface area (Å²) in [6.45, 7) is 11.9. The van der Waals surface area contributed by atoms with Gasteiger partial charge in [0.2, 0.25) is 14.2 Å². The van der Waals surface area contributed by atoms with Gasteiger partial charge in [0.15, 0.2) is 0 Å². The third kappa shape index (κ3) is 3.75. The number of carbonyl (C=O) groups is 1. The van der Waals surface area contributed by atoms with E-state index in [0.29, 0.717) is 13.0 Å². The van der Waals surface area contributed by atoms with Gasteiger partial charge >= 0.3 is 0 Å². The molecule has 0 bridgehead atoms. The number of nitrogens with zero attached hydrogens (tertiary/aromatic N) is 1. The topological polar surface area (TPSA) is 55.6 Å². The summed E-state index contributed by atoms with van der Waals surface area (Å²) in [7, 11) is -1.91. The van der Waals surface area contributed by atoms with Crippen LogP contribution in [0.1, 0.15) is 27.2 Å². The van der Waals surface area contributed by atoms with Crippen molar-refractivity contribution >= 4 is 43.1 Å². The first-order chi connectivity index (χ1) is 11.6. The Balaban J connectivity index is 0.00000243. The standard InChI is InChI=1S/C20H28N2O2Si.ClH/c1-20(2,3)25(4,5)24-15-10-9-14-7-6-8-18(16(14)13-15)22-12-11-17(21)19(22)23;/h6-10,13,17H,11-12,21H2,1-5H3;1H/t17-;/m0./s1. The molecule has 1 aliphatic heterocycles. The van der Waals surface area contributed by atoms with Crippen LogP contribution in [0.3, 0.4) is 0 Å². The molecule has 4 nitrogen and oxygen atoms in total. The van der Waals surface area contributed by atoms with Crippen LogP contribution in [0.15, 0.2) is 36.4 Å². The molecule has 0 spiro atoms. The van der Waals surface area contributed by atoms with E-state index in [0.717, 1.165) is 22.2 Å². The quantitative estimate of drug-likeness (QED) is 0.769. The highest BCUT2D eigenvalue weighted by Gasteiger charge is 2.39. The van der Waals surface area contributed by atoms with Crippen LogP contribution in [0.25, 0.3) is 10.8 Å². The lowest BCUT2D eigenvalue weighted by molar-refractivity contribution is -0.118. The van der Waals surface area contributed by atoms with Crippen LogP contribution in [-0.4, -0.2) is 26.8 Å². The van der Waals surface area contributed by atoms with Crippen LogP contribution in [0.4, 0.5) is 5.69 Å². The Morgan fingerprint density at radius 1 is 1.19 bits per heavy atom. The van der Waals surface area contributed by atoms with Crippen LogP contribution < -0.4 is 15.1 Å². The smallest absolute Gasteiger partial charge is 0.250 e. The fraction of sp³-hybridized carbons (Fsp3) is 0.450. The molecule has 0 aromatic heterocycles. The lowest BCUT2D eigenvalue weighted by Gasteiger charge is -2.36. The van der Waals surface area contributed by atoms with Crippen molar-refractivity contribution < 1.29 is 9.22 Å². The number of carbonyl (C=O) groups excluding carboxylic acids is 1. The molecular formula is C20H29ClN2O2Si. The molecule has 0 aliphatic carbocycles. The second kappa shape index (κ2) is 7.22. The van der Waals surface area contributed by atoms with Crippen molar-refractivity contribution in [3.63, 3.8) is 0 Å². The summed E-state index contributed by atoms with van der Waals surface area (Å²) < 4.78 is 6.45. The Bertz CT molecular complexity index is 817. The number of nitrogens with two attached hydrogens (primary N) is 1. The second-order valence-electron chi connectivity index (χ2n) is 8.41. The van der Waals surface area contributed by atoms with Gasteiger partial charge in [-0.2, -0.15) is 0 Å². The van der Waals surface area contributed by atoms with Gasteiger partial charge in [0, 0.05) is 11.9 Å². The monoisotopic (exact) mass is 392 g/mol. The van der Waals surface area contributed by atoms with Crippen molar-refractivity contribution in [1.82, 2.24) is 0 Å². The molecule has 0 radical (unpaired) electrons. The van der Waals surface area contributed by atoms with Crippen LogP contribution in [0, 0.1) is 0 Å². The van der Waals surface area contributed by atoms with E-state index in [2.05, 4.69) is 52.1 Å². The number of hydrogen-bond donors (Lipinski definition) is 1. The SMILES string of the molecule is CC(C)(C)[Si](C)(C)Oc1ccc2cccc(N3CC[C@H](N)C3=O)c2c1.Cl. The minimum absolute atomic E-state index is 0. The highest BCUT2D eigenvalue weighted by Crippen LogP contribution is 2.39. The molecule has 1 saturated heterocycles. The van der Waals surface area contributed by atoms with Crippen LogP contribution >= 0.6 is 12.4 Å². The van der Waals surface area contributed by atoms with Gasteiger partial charge in [0.25, 0.3) is 0 Å². The summed E-state index contributed by atoms with van der Waals surface area (Å²) in [5.74, 6) is 0.880. The Labute approximate surface area is 163 Å². The van der Waals surface area contributed by atoms with E-state index in [1.807, 2.05) is 23.1 Å². The Kier molecular flexibility index (Phi) is 5.76. The van der Waals surface area contributed by atoms with E-state index >= 15 is 0 Å². The number of benzene rings is 2. The lowest BCUT2D eigenvalue weighted by atomic mass is 10.1. The van der Waals surface area contributed by atoms with E-state index in [1.54, 1.807) is 0 Å². The highest BCUT2D eigenvalue weighted by atomic mass is 35.5. The lowest BCUT2D eigenvalue weighted by Crippen LogP contribution is -2.43. The molecule has 1 fully saturated rings. The average Bonchev–Trinajstić information content (AvgIpc) is 2.85. The molecule has 142 valence electrons. The minimum atomic E-state index is -1.91. The highest BCUT2D eigenvalue weighted by molar-refractivity contribution is 6.74. The number of halogens is 1. The van der Waals surface area contributed by atoms with E-state index in [-0.39, 0.29) is 29.4 Å². The molecule has 6 heteroatoms. The maximum absolute atomic E-state index is 12.4. The van der Waals surface area contributed by atoms with Gasteiger partial charge in [-0.05, 0) is 48.1 Å². The summed E-state index contributed by atoms with van der Waals surface area (Å²) in [5.41, 5.74) is 6.83. The van der Waals surface area contributed by atoms with Gasteiger partial charge in [-0.1, -0.05) is 39.0 Å². The average molecular weight is 393 g/mol. The molecule has 3 rings (SSSR count). The maximum atomic E-state index is 12.4. The van der Waals surface area contributed by atoms with Gasteiger partial charge in [-0.25, -0.2) is 0 Å². The number of amides is 1. The molecule has 2 aromatic rings. The van der Waals surface area contributed by atoms with Crippen LogP contribution in [0.5, 0.6) is 5.75 Å². The first-order valence-electron chi connectivity index (χ1n) is 8.89. The molecule has 1 heterocycles. The summed E-state index contributed by atoms with van der Waals surface area (Å²) >= 11 is 0. The molecule has 0 saturated carbocycles. The zero-order chi connectivity index (χ0) is 18.4. The second-order valence-corrected chi connectivity index (χ2v) is 13.1. The largest absolute Gasteiger partial charge is 0.543 e. The zero-order valence-electron chi connectivity index (χ0n) is 16.2. The van der Waals surface area contributed by atoms with Gasteiger partial charge < -0.3 is 15.1 Å². The Morgan fingerprint density at radius 3 is 2.46 bits per heavy atom. The van der Waals surface area contributed by atoms with Crippen molar-refractivity contribution in [2.24, 2.45) is 5.73 Å². The van der Waals surface area contributed by atoms with E-state index < -0.39 is 8.32 Å².